The molecule has 3 rings (SSSR count). The molecule has 0 atom stereocenters. The van der Waals surface area contributed by atoms with E-state index in [-0.39, 0.29) is 12.3 Å². The molecule has 0 aliphatic carbocycles. The molecule has 0 amide bonds. The van der Waals surface area contributed by atoms with Crippen molar-refractivity contribution in [1.29, 1.82) is 0 Å². The van der Waals surface area contributed by atoms with Gasteiger partial charge < -0.3 is 4.74 Å². The van der Waals surface area contributed by atoms with Crippen LogP contribution in [0.5, 0.6) is 0 Å². The molecule has 0 unspecified atom stereocenters. The van der Waals surface area contributed by atoms with E-state index < -0.39 is 11.8 Å². The van der Waals surface area contributed by atoms with Crippen molar-refractivity contribution in [2.24, 2.45) is 0 Å². The first-order chi connectivity index (χ1) is 10.6. The van der Waals surface area contributed by atoms with Crippen molar-refractivity contribution in [3.63, 3.8) is 0 Å². The maximum absolute atomic E-state index is 13.7. The third-order valence-electron chi connectivity index (χ3n) is 2.86. The highest BCUT2D eigenvalue weighted by molar-refractivity contribution is 9.10. The molecule has 0 saturated heterocycles. The monoisotopic (exact) mass is 397 g/mol. The van der Waals surface area contributed by atoms with Gasteiger partial charge in [-0.15, -0.1) is 11.3 Å². The predicted octanol–water partition coefficient (Wildman–Crippen LogP) is 5.13. The number of hydrogen-bond donors (Lipinski definition) is 0. The molecule has 3 aromatic rings. The Morgan fingerprint density at radius 1 is 1.32 bits per heavy atom. The van der Waals surface area contributed by atoms with Gasteiger partial charge in [-0.2, -0.15) is 11.3 Å². The molecule has 0 aliphatic rings. The van der Waals surface area contributed by atoms with Crippen LogP contribution in [-0.4, -0.2) is 11.0 Å². The lowest BCUT2D eigenvalue weighted by Gasteiger charge is -2.04. The first kappa shape index (κ1) is 15.3. The predicted molar refractivity (Wildman–Crippen MR) is 88.6 cm³/mol. The maximum Gasteiger partial charge on any atom is 0.358 e. The van der Waals surface area contributed by atoms with Crippen molar-refractivity contribution < 1.29 is 13.9 Å². The van der Waals surface area contributed by atoms with Crippen LogP contribution in [0.25, 0.3) is 10.6 Å². The van der Waals surface area contributed by atoms with Gasteiger partial charge in [0.1, 0.15) is 17.4 Å². The number of carbonyl (C=O) groups is 1. The summed E-state index contributed by atoms with van der Waals surface area (Å²) in [5.74, 6) is -0.973. The lowest BCUT2D eigenvalue weighted by molar-refractivity contribution is 0.0463. The van der Waals surface area contributed by atoms with Gasteiger partial charge in [0.05, 0.1) is 0 Å². The molecule has 112 valence electrons. The van der Waals surface area contributed by atoms with Gasteiger partial charge in [-0.05, 0) is 23.6 Å². The number of halogens is 2. The average Bonchev–Trinajstić information content (AvgIpc) is 3.17. The number of benzene rings is 1. The Balaban J connectivity index is 1.67. The largest absolute Gasteiger partial charge is 0.456 e. The molecule has 0 N–H and O–H groups in total. The summed E-state index contributed by atoms with van der Waals surface area (Å²) in [6, 6.07) is 6.55. The highest BCUT2D eigenvalue weighted by atomic mass is 79.9. The number of hydrogen-bond acceptors (Lipinski definition) is 5. The average molecular weight is 398 g/mol. The zero-order chi connectivity index (χ0) is 15.5. The van der Waals surface area contributed by atoms with Crippen LogP contribution < -0.4 is 0 Å². The summed E-state index contributed by atoms with van der Waals surface area (Å²) >= 11 is 6.12. The van der Waals surface area contributed by atoms with Crippen LogP contribution in [0.3, 0.4) is 0 Å². The minimum absolute atomic E-state index is 0.122. The third-order valence-corrected chi connectivity index (χ3v) is 4.92. The van der Waals surface area contributed by atoms with Crippen LogP contribution in [-0.2, 0) is 11.3 Å². The zero-order valence-electron chi connectivity index (χ0n) is 11.1. The molecule has 3 nitrogen and oxygen atoms in total. The molecule has 0 spiro atoms. The van der Waals surface area contributed by atoms with Gasteiger partial charge >= 0.3 is 5.97 Å². The zero-order valence-corrected chi connectivity index (χ0v) is 14.3. The van der Waals surface area contributed by atoms with Gasteiger partial charge in [0, 0.05) is 26.4 Å². The van der Waals surface area contributed by atoms with Gasteiger partial charge in [-0.3, -0.25) is 0 Å². The van der Waals surface area contributed by atoms with E-state index in [1.807, 2.05) is 16.8 Å². The number of thiazole rings is 1. The summed E-state index contributed by atoms with van der Waals surface area (Å²) in [7, 11) is 0. The quantitative estimate of drug-likeness (QED) is 0.572. The summed E-state index contributed by atoms with van der Waals surface area (Å²) < 4.78 is 19.4. The fourth-order valence-corrected chi connectivity index (χ4v) is 3.58. The van der Waals surface area contributed by atoms with Gasteiger partial charge in [-0.1, -0.05) is 22.0 Å². The van der Waals surface area contributed by atoms with Gasteiger partial charge in [0.2, 0.25) is 0 Å². The Hall–Kier alpha value is -1.57. The van der Waals surface area contributed by atoms with Crippen molar-refractivity contribution in [1.82, 2.24) is 4.98 Å². The SMILES string of the molecule is O=C(OCc1ccc(Br)cc1F)c1csc(-c2ccsc2)n1. The highest BCUT2D eigenvalue weighted by Gasteiger charge is 2.14. The van der Waals surface area contributed by atoms with Gasteiger partial charge in [-0.25, -0.2) is 14.2 Å². The van der Waals surface area contributed by atoms with Crippen LogP contribution in [0.4, 0.5) is 4.39 Å². The number of thiophene rings is 1. The van der Waals surface area contributed by atoms with Crippen LogP contribution >= 0.6 is 38.6 Å². The summed E-state index contributed by atoms with van der Waals surface area (Å²) in [6.45, 7) is -0.122. The molecule has 0 bridgehead atoms. The summed E-state index contributed by atoms with van der Waals surface area (Å²) in [6.07, 6.45) is 0. The second kappa shape index (κ2) is 6.68. The standard InChI is InChI=1S/C15H9BrFNO2S2/c16-11-2-1-9(12(17)5-11)6-20-15(19)13-8-22-14(18-13)10-3-4-21-7-10/h1-5,7-8H,6H2. The Morgan fingerprint density at radius 2 is 2.18 bits per heavy atom. The number of carbonyl (C=O) groups excluding carboxylic acids is 1. The Labute approximate surface area is 142 Å². The normalized spacial score (nSPS) is 10.6. The lowest BCUT2D eigenvalue weighted by Crippen LogP contribution is -2.06. The summed E-state index contributed by atoms with van der Waals surface area (Å²) in [5.41, 5.74) is 1.54. The van der Waals surface area contributed by atoms with Crippen molar-refractivity contribution in [2.75, 3.05) is 0 Å². The second-order valence-electron chi connectivity index (χ2n) is 4.36. The van der Waals surface area contributed by atoms with Crippen molar-refractivity contribution in [2.45, 2.75) is 6.61 Å². The van der Waals surface area contributed by atoms with Crippen LogP contribution in [0.1, 0.15) is 16.1 Å². The van der Waals surface area contributed by atoms with E-state index >= 15 is 0 Å². The minimum atomic E-state index is -0.556. The summed E-state index contributed by atoms with van der Waals surface area (Å²) in [5, 5.41) is 6.33. The van der Waals surface area contributed by atoms with Crippen molar-refractivity contribution in [3.05, 3.63) is 62.0 Å². The lowest BCUT2D eigenvalue weighted by atomic mass is 10.2. The number of nitrogens with zero attached hydrogens (tertiary/aromatic N) is 1. The molecule has 7 heteroatoms. The van der Waals surface area contributed by atoms with Crippen molar-refractivity contribution in [3.8, 4) is 10.6 Å². The maximum atomic E-state index is 13.7. The fraction of sp³-hybridized carbons (Fsp3) is 0.0667. The van der Waals surface area contributed by atoms with E-state index in [1.54, 1.807) is 28.8 Å². The number of esters is 1. The van der Waals surface area contributed by atoms with Gasteiger partial charge in [0.15, 0.2) is 5.69 Å². The van der Waals surface area contributed by atoms with Crippen LogP contribution in [0, 0.1) is 5.82 Å². The van der Waals surface area contributed by atoms with E-state index in [1.165, 1.54) is 17.4 Å². The van der Waals surface area contributed by atoms with E-state index in [4.69, 9.17) is 4.74 Å². The van der Waals surface area contributed by atoms with E-state index in [0.717, 1.165) is 10.6 Å². The van der Waals surface area contributed by atoms with E-state index in [2.05, 4.69) is 20.9 Å². The number of rotatable bonds is 4. The molecule has 0 radical (unpaired) electrons. The number of aromatic nitrogens is 1. The van der Waals surface area contributed by atoms with Crippen LogP contribution in [0.15, 0.2) is 44.9 Å². The van der Waals surface area contributed by atoms with Crippen molar-refractivity contribution >= 4 is 44.6 Å². The minimum Gasteiger partial charge on any atom is -0.456 e. The van der Waals surface area contributed by atoms with Gasteiger partial charge in [0.25, 0.3) is 0 Å². The molecule has 0 saturated carbocycles. The molecule has 2 heterocycles. The van der Waals surface area contributed by atoms with E-state index in [9.17, 15) is 9.18 Å². The molecule has 22 heavy (non-hydrogen) atoms. The molecular weight excluding hydrogens is 389 g/mol. The topological polar surface area (TPSA) is 39.2 Å². The molecule has 0 aliphatic heterocycles. The number of ether oxygens (including phenoxy) is 1. The Kier molecular flexibility index (Phi) is 4.66. The molecule has 2 aromatic heterocycles. The van der Waals surface area contributed by atoms with E-state index in [0.29, 0.717) is 10.0 Å². The van der Waals surface area contributed by atoms with Crippen LogP contribution in [0.2, 0.25) is 0 Å². The first-order valence-corrected chi connectivity index (χ1v) is 8.84. The summed E-state index contributed by atoms with van der Waals surface area (Å²) in [4.78, 5) is 16.2. The molecule has 0 fully saturated rings. The highest BCUT2D eigenvalue weighted by Crippen LogP contribution is 2.26. The Bertz CT molecular complexity index is 802. The first-order valence-electron chi connectivity index (χ1n) is 6.22. The third kappa shape index (κ3) is 3.43. The molecular formula is C15H9BrFNO2S2. The smallest absolute Gasteiger partial charge is 0.358 e. The Morgan fingerprint density at radius 3 is 2.91 bits per heavy atom. The fourth-order valence-electron chi connectivity index (χ4n) is 1.74. The second-order valence-corrected chi connectivity index (χ2v) is 6.92. The molecule has 1 aromatic carbocycles.